The van der Waals surface area contributed by atoms with Crippen molar-refractivity contribution >= 4 is 11.6 Å². The van der Waals surface area contributed by atoms with Crippen LogP contribution in [-0.4, -0.2) is 30.0 Å². The Kier molecular flexibility index (Phi) is 6.33. The number of nitrogens with zero attached hydrogens (tertiary/aromatic N) is 1. The summed E-state index contributed by atoms with van der Waals surface area (Å²) >= 11 is 0. The second-order valence-electron chi connectivity index (χ2n) is 5.71. The molecular weight excluding hydrogens is 282 g/mol. The van der Waals surface area contributed by atoms with E-state index in [1.807, 2.05) is 0 Å². The summed E-state index contributed by atoms with van der Waals surface area (Å²) in [5.41, 5.74) is 0.257. The van der Waals surface area contributed by atoms with Crippen molar-refractivity contribution in [1.29, 1.82) is 0 Å². The summed E-state index contributed by atoms with van der Waals surface area (Å²) in [6.07, 6.45) is 7.61. The third kappa shape index (κ3) is 5.11. The van der Waals surface area contributed by atoms with Gasteiger partial charge in [-0.25, -0.2) is 0 Å². The van der Waals surface area contributed by atoms with E-state index in [0.29, 0.717) is 18.2 Å². The predicted octanol–water partition coefficient (Wildman–Crippen LogP) is 2.64. The Bertz CT molecular complexity index is 511. The third-order valence-corrected chi connectivity index (χ3v) is 4.02. The molecule has 1 saturated carbocycles. The number of benzene rings is 1. The average molecular weight is 305 g/mol. The summed E-state index contributed by atoms with van der Waals surface area (Å²) in [6, 6.07) is 6.34. The van der Waals surface area contributed by atoms with E-state index in [-0.39, 0.29) is 11.6 Å². The molecule has 2 rings (SSSR count). The zero-order valence-electron chi connectivity index (χ0n) is 12.7. The van der Waals surface area contributed by atoms with Crippen LogP contribution >= 0.6 is 0 Å². The lowest BCUT2D eigenvalue weighted by Gasteiger charge is -2.16. The van der Waals surface area contributed by atoms with Crippen LogP contribution in [0.1, 0.15) is 48.9 Å². The summed E-state index contributed by atoms with van der Waals surface area (Å²) in [5, 5.41) is 17.0. The van der Waals surface area contributed by atoms with Gasteiger partial charge in [-0.3, -0.25) is 14.9 Å². The molecule has 6 heteroatoms. The first-order valence-corrected chi connectivity index (χ1v) is 7.93. The minimum Gasteiger partial charge on any atom is -0.351 e. The minimum atomic E-state index is -0.496. The van der Waals surface area contributed by atoms with Gasteiger partial charge >= 0.3 is 0 Å². The second kappa shape index (κ2) is 8.48. The highest BCUT2D eigenvalue weighted by Crippen LogP contribution is 2.17. The number of nitro groups is 1. The number of carbonyl (C=O) groups excluding carboxylic acids is 1. The number of hydrogen-bond acceptors (Lipinski definition) is 4. The third-order valence-electron chi connectivity index (χ3n) is 4.02. The Labute approximate surface area is 130 Å². The van der Waals surface area contributed by atoms with Gasteiger partial charge in [-0.1, -0.05) is 31.7 Å². The van der Waals surface area contributed by atoms with E-state index in [9.17, 15) is 14.9 Å². The molecule has 0 bridgehead atoms. The molecule has 120 valence electrons. The standard InChI is InChI=1S/C16H23N3O3/c20-16(13-6-5-9-15(12-13)19(21)22)18-11-10-17-14-7-3-1-2-4-8-14/h5-6,9,12,14,17H,1-4,7-8,10-11H2,(H,18,20). The predicted molar refractivity (Wildman–Crippen MR) is 84.9 cm³/mol. The summed E-state index contributed by atoms with van der Waals surface area (Å²) in [7, 11) is 0. The van der Waals surface area contributed by atoms with Crippen molar-refractivity contribution in [3.63, 3.8) is 0 Å². The van der Waals surface area contributed by atoms with Crippen LogP contribution in [-0.2, 0) is 0 Å². The molecule has 1 aromatic rings. The molecule has 6 nitrogen and oxygen atoms in total. The van der Waals surface area contributed by atoms with Gasteiger partial charge in [0, 0.05) is 36.8 Å². The summed E-state index contributed by atoms with van der Waals surface area (Å²) in [5.74, 6) is -0.272. The topological polar surface area (TPSA) is 84.3 Å². The van der Waals surface area contributed by atoms with E-state index in [2.05, 4.69) is 10.6 Å². The molecular formula is C16H23N3O3. The van der Waals surface area contributed by atoms with E-state index in [4.69, 9.17) is 0 Å². The van der Waals surface area contributed by atoms with E-state index in [0.717, 1.165) is 6.54 Å². The highest BCUT2D eigenvalue weighted by atomic mass is 16.6. The molecule has 22 heavy (non-hydrogen) atoms. The van der Waals surface area contributed by atoms with Crippen LogP contribution in [0.15, 0.2) is 24.3 Å². The molecule has 0 radical (unpaired) electrons. The zero-order chi connectivity index (χ0) is 15.8. The fraction of sp³-hybridized carbons (Fsp3) is 0.562. The van der Waals surface area contributed by atoms with Crippen molar-refractivity contribution < 1.29 is 9.72 Å². The molecule has 1 aromatic carbocycles. The number of non-ortho nitro benzene ring substituents is 1. The largest absolute Gasteiger partial charge is 0.351 e. The van der Waals surface area contributed by atoms with Crippen molar-refractivity contribution in [2.24, 2.45) is 0 Å². The van der Waals surface area contributed by atoms with Gasteiger partial charge < -0.3 is 10.6 Å². The van der Waals surface area contributed by atoms with E-state index in [1.165, 1.54) is 56.7 Å². The fourth-order valence-electron chi connectivity index (χ4n) is 2.80. The SMILES string of the molecule is O=C(NCCNC1CCCCCC1)c1cccc([N+](=O)[O-])c1. The van der Waals surface area contributed by atoms with Crippen LogP contribution < -0.4 is 10.6 Å². The molecule has 1 aliphatic carbocycles. The van der Waals surface area contributed by atoms with Crippen LogP contribution in [0.2, 0.25) is 0 Å². The molecule has 0 unspecified atom stereocenters. The van der Waals surface area contributed by atoms with Crippen molar-refractivity contribution in [3.05, 3.63) is 39.9 Å². The zero-order valence-corrected chi connectivity index (χ0v) is 12.7. The molecule has 0 heterocycles. The van der Waals surface area contributed by atoms with Gasteiger partial charge in [-0.15, -0.1) is 0 Å². The minimum absolute atomic E-state index is 0.0655. The highest BCUT2D eigenvalue weighted by molar-refractivity contribution is 5.94. The lowest BCUT2D eigenvalue weighted by atomic mass is 10.1. The maximum absolute atomic E-state index is 12.0. The quantitative estimate of drug-likeness (QED) is 0.366. The summed E-state index contributed by atoms with van der Waals surface area (Å²) in [4.78, 5) is 22.2. The molecule has 0 spiro atoms. The first kappa shape index (κ1) is 16.4. The molecule has 1 amide bonds. The molecule has 0 aliphatic heterocycles. The van der Waals surface area contributed by atoms with Crippen molar-refractivity contribution in [3.8, 4) is 0 Å². The molecule has 0 atom stereocenters. The van der Waals surface area contributed by atoms with Crippen LogP contribution in [0, 0.1) is 10.1 Å². The normalized spacial score (nSPS) is 16.0. The number of carbonyl (C=O) groups is 1. The Balaban J connectivity index is 1.73. The fourth-order valence-corrected chi connectivity index (χ4v) is 2.80. The molecule has 1 aliphatic rings. The lowest BCUT2D eigenvalue weighted by molar-refractivity contribution is -0.384. The van der Waals surface area contributed by atoms with Gasteiger partial charge in [-0.05, 0) is 18.9 Å². The Morgan fingerprint density at radius 3 is 2.59 bits per heavy atom. The maximum Gasteiger partial charge on any atom is 0.270 e. The van der Waals surface area contributed by atoms with Gasteiger partial charge in [-0.2, -0.15) is 0 Å². The van der Waals surface area contributed by atoms with E-state index >= 15 is 0 Å². The van der Waals surface area contributed by atoms with E-state index < -0.39 is 4.92 Å². The van der Waals surface area contributed by atoms with Crippen molar-refractivity contribution in [1.82, 2.24) is 10.6 Å². The number of hydrogen-bond donors (Lipinski definition) is 2. The average Bonchev–Trinajstić information content (AvgIpc) is 2.80. The van der Waals surface area contributed by atoms with Crippen LogP contribution in [0.5, 0.6) is 0 Å². The maximum atomic E-state index is 12.0. The lowest BCUT2D eigenvalue weighted by Crippen LogP contribution is -2.36. The molecule has 2 N–H and O–H groups in total. The molecule has 0 saturated heterocycles. The first-order valence-electron chi connectivity index (χ1n) is 7.93. The monoisotopic (exact) mass is 305 g/mol. The number of rotatable bonds is 6. The van der Waals surface area contributed by atoms with Crippen molar-refractivity contribution in [2.75, 3.05) is 13.1 Å². The van der Waals surface area contributed by atoms with Crippen LogP contribution in [0.4, 0.5) is 5.69 Å². The second-order valence-corrected chi connectivity index (χ2v) is 5.71. The van der Waals surface area contributed by atoms with Crippen LogP contribution in [0.3, 0.4) is 0 Å². The van der Waals surface area contributed by atoms with Gasteiger partial charge in [0.15, 0.2) is 0 Å². The van der Waals surface area contributed by atoms with Crippen LogP contribution in [0.25, 0.3) is 0 Å². The molecule has 1 fully saturated rings. The molecule has 0 aromatic heterocycles. The van der Waals surface area contributed by atoms with Crippen molar-refractivity contribution in [2.45, 2.75) is 44.6 Å². The van der Waals surface area contributed by atoms with Gasteiger partial charge in [0.25, 0.3) is 11.6 Å². The Hall–Kier alpha value is -1.95. The Morgan fingerprint density at radius 1 is 1.18 bits per heavy atom. The first-order chi connectivity index (χ1) is 10.7. The highest BCUT2D eigenvalue weighted by Gasteiger charge is 2.12. The smallest absolute Gasteiger partial charge is 0.270 e. The summed E-state index contributed by atoms with van der Waals surface area (Å²) < 4.78 is 0. The number of amides is 1. The van der Waals surface area contributed by atoms with Gasteiger partial charge in [0.2, 0.25) is 0 Å². The Morgan fingerprint density at radius 2 is 1.91 bits per heavy atom. The van der Waals surface area contributed by atoms with E-state index in [1.54, 1.807) is 6.07 Å². The summed E-state index contributed by atoms with van der Waals surface area (Å²) in [6.45, 7) is 1.25. The number of nitrogens with one attached hydrogen (secondary N) is 2. The van der Waals surface area contributed by atoms with Gasteiger partial charge in [0.1, 0.15) is 0 Å². The number of nitro benzene ring substituents is 1. The van der Waals surface area contributed by atoms with Gasteiger partial charge in [0.05, 0.1) is 4.92 Å².